The third-order valence-electron chi connectivity index (χ3n) is 5.56. The van der Waals surface area contributed by atoms with Gasteiger partial charge >= 0.3 is 6.18 Å². The zero-order valence-electron chi connectivity index (χ0n) is 18.7. The van der Waals surface area contributed by atoms with Gasteiger partial charge in [0.25, 0.3) is 5.91 Å². The Morgan fingerprint density at radius 1 is 1.15 bits per heavy atom. The highest BCUT2D eigenvalue weighted by Gasteiger charge is 2.59. The van der Waals surface area contributed by atoms with Crippen LogP contribution in [0.25, 0.3) is 11.0 Å². The summed E-state index contributed by atoms with van der Waals surface area (Å²) in [5, 5.41) is 23.3. The van der Waals surface area contributed by atoms with E-state index in [9.17, 15) is 28.2 Å². The molecule has 0 aliphatic heterocycles. The molecule has 0 saturated heterocycles. The molecule has 0 fully saturated rings. The molecule has 3 aromatic rings. The van der Waals surface area contributed by atoms with Gasteiger partial charge in [-0.2, -0.15) is 13.2 Å². The second kappa shape index (κ2) is 9.52. The lowest BCUT2D eigenvalue weighted by Gasteiger charge is -2.30. The van der Waals surface area contributed by atoms with Gasteiger partial charge in [0.2, 0.25) is 5.60 Å². The Bertz CT molecular complexity index is 1110. The Hall–Kier alpha value is -2.91. The number of hydrogen-bond donors (Lipinski definition) is 3. The van der Waals surface area contributed by atoms with Gasteiger partial charge in [-0.05, 0) is 37.5 Å². The molecule has 1 aromatic heterocycles. The monoisotopic (exact) mass is 463 g/mol. The highest BCUT2D eigenvalue weighted by atomic mass is 19.4. The molecule has 9 heteroatoms. The van der Waals surface area contributed by atoms with Crippen LogP contribution in [0.5, 0.6) is 0 Å². The molecule has 0 saturated carbocycles. The highest BCUT2D eigenvalue weighted by Crippen LogP contribution is 2.44. The van der Waals surface area contributed by atoms with Gasteiger partial charge in [0, 0.05) is 17.7 Å². The first-order chi connectivity index (χ1) is 15.5. The van der Waals surface area contributed by atoms with E-state index in [0.717, 1.165) is 0 Å². The maximum Gasteiger partial charge on any atom is 0.428 e. The van der Waals surface area contributed by atoms with Crippen LogP contribution >= 0.6 is 0 Å². The summed E-state index contributed by atoms with van der Waals surface area (Å²) >= 11 is 0. The number of aryl methyl sites for hydroxylation is 1. The summed E-state index contributed by atoms with van der Waals surface area (Å²) in [7, 11) is 0. The molecule has 2 aromatic carbocycles. The summed E-state index contributed by atoms with van der Waals surface area (Å²) in [6.45, 7) is 5.45. The van der Waals surface area contributed by atoms with Gasteiger partial charge in [0.15, 0.2) is 5.82 Å². The summed E-state index contributed by atoms with van der Waals surface area (Å²) in [5.41, 5.74) is -2.93. The number of alkyl halides is 3. The molecule has 6 nitrogen and oxygen atoms in total. The first kappa shape index (κ1) is 24.7. The first-order valence-corrected chi connectivity index (χ1v) is 10.8. The van der Waals surface area contributed by atoms with Crippen molar-refractivity contribution in [1.82, 2.24) is 14.9 Å². The number of benzene rings is 2. The van der Waals surface area contributed by atoms with Crippen molar-refractivity contribution in [3.8, 4) is 0 Å². The Labute approximate surface area is 190 Å². The SMILES string of the molecule is CCn1c(C(O)(c2ccccc2)C(F)(F)F)nc2ccc(C(=O)NC(CO)CC(C)C)cc21. The lowest BCUT2D eigenvalue weighted by molar-refractivity contribution is -0.252. The van der Waals surface area contributed by atoms with Crippen molar-refractivity contribution in [2.24, 2.45) is 5.92 Å². The van der Waals surface area contributed by atoms with E-state index < -0.39 is 29.6 Å². The minimum atomic E-state index is -5.03. The van der Waals surface area contributed by atoms with Gasteiger partial charge in [-0.1, -0.05) is 44.2 Å². The van der Waals surface area contributed by atoms with Crippen LogP contribution < -0.4 is 5.32 Å². The molecule has 3 rings (SSSR count). The van der Waals surface area contributed by atoms with Crippen LogP contribution in [0.4, 0.5) is 13.2 Å². The van der Waals surface area contributed by atoms with Crippen molar-refractivity contribution in [2.45, 2.75) is 51.6 Å². The van der Waals surface area contributed by atoms with E-state index in [1.54, 1.807) is 13.0 Å². The third-order valence-corrected chi connectivity index (χ3v) is 5.56. The van der Waals surface area contributed by atoms with Gasteiger partial charge in [0.05, 0.1) is 23.7 Å². The molecule has 178 valence electrons. The van der Waals surface area contributed by atoms with Gasteiger partial charge in [-0.25, -0.2) is 4.98 Å². The number of nitrogens with one attached hydrogen (secondary N) is 1. The molecule has 1 heterocycles. The number of carbonyl (C=O) groups is 1. The van der Waals surface area contributed by atoms with Crippen LogP contribution in [-0.4, -0.2) is 44.5 Å². The van der Waals surface area contributed by atoms with E-state index in [-0.39, 0.29) is 35.7 Å². The summed E-state index contributed by atoms with van der Waals surface area (Å²) in [6, 6.07) is 10.7. The number of rotatable bonds is 8. The molecule has 0 spiro atoms. The van der Waals surface area contributed by atoms with Crippen molar-refractivity contribution >= 4 is 16.9 Å². The number of aromatic nitrogens is 2. The Morgan fingerprint density at radius 2 is 1.82 bits per heavy atom. The van der Waals surface area contributed by atoms with Crippen LogP contribution in [0.2, 0.25) is 0 Å². The molecular weight excluding hydrogens is 435 g/mol. The lowest BCUT2D eigenvalue weighted by Crippen LogP contribution is -2.45. The predicted octanol–water partition coefficient (Wildman–Crippen LogP) is 3.99. The fourth-order valence-electron chi connectivity index (χ4n) is 3.98. The topological polar surface area (TPSA) is 87.4 Å². The molecular formula is C24H28F3N3O3. The van der Waals surface area contributed by atoms with Crippen molar-refractivity contribution in [3.05, 3.63) is 65.5 Å². The maximum atomic E-state index is 14.2. The van der Waals surface area contributed by atoms with Crippen LogP contribution in [0.3, 0.4) is 0 Å². The van der Waals surface area contributed by atoms with Crippen LogP contribution in [-0.2, 0) is 12.1 Å². The first-order valence-electron chi connectivity index (χ1n) is 10.8. The van der Waals surface area contributed by atoms with E-state index >= 15 is 0 Å². The van der Waals surface area contributed by atoms with Gasteiger partial charge < -0.3 is 20.1 Å². The lowest BCUT2D eigenvalue weighted by atomic mass is 9.92. The quantitative estimate of drug-likeness (QED) is 0.472. The van der Waals surface area contributed by atoms with Gasteiger partial charge in [-0.15, -0.1) is 0 Å². The number of halogens is 3. The summed E-state index contributed by atoms with van der Waals surface area (Å²) in [5.74, 6) is -0.757. The Kier molecular flexibility index (Phi) is 7.14. The smallest absolute Gasteiger partial charge is 0.394 e. The van der Waals surface area contributed by atoms with Crippen LogP contribution in [0.1, 0.15) is 48.9 Å². The summed E-state index contributed by atoms with van der Waals surface area (Å²) in [4.78, 5) is 16.9. The molecule has 2 atom stereocenters. The number of nitrogens with zero attached hydrogens (tertiary/aromatic N) is 2. The number of carbonyl (C=O) groups excluding carboxylic acids is 1. The molecule has 0 bridgehead atoms. The van der Waals surface area contributed by atoms with Crippen molar-refractivity contribution in [3.63, 3.8) is 0 Å². The average molecular weight is 464 g/mol. The predicted molar refractivity (Wildman–Crippen MR) is 119 cm³/mol. The largest absolute Gasteiger partial charge is 0.428 e. The average Bonchev–Trinajstić information content (AvgIpc) is 3.15. The van der Waals surface area contributed by atoms with E-state index in [2.05, 4.69) is 10.3 Å². The second-order valence-corrected chi connectivity index (χ2v) is 8.44. The van der Waals surface area contributed by atoms with E-state index in [0.29, 0.717) is 11.9 Å². The minimum Gasteiger partial charge on any atom is -0.394 e. The van der Waals surface area contributed by atoms with Crippen molar-refractivity contribution in [1.29, 1.82) is 0 Å². The fraction of sp³-hybridized carbons (Fsp3) is 0.417. The highest BCUT2D eigenvalue weighted by molar-refractivity contribution is 5.97. The molecule has 0 aliphatic rings. The minimum absolute atomic E-state index is 0.0920. The second-order valence-electron chi connectivity index (χ2n) is 8.44. The number of aliphatic hydroxyl groups excluding tert-OH is 1. The number of hydrogen-bond acceptors (Lipinski definition) is 4. The van der Waals surface area contributed by atoms with E-state index in [4.69, 9.17) is 0 Å². The molecule has 2 unspecified atom stereocenters. The van der Waals surface area contributed by atoms with E-state index in [1.807, 2.05) is 13.8 Å². The van der Waals surface area contributed by atoms with Crippen molar-refractivity contribution in [2.75, 3.05) is 6.61 Å². The molecule has 3 N–H and O–H groups in total. The zero-order valence-corrected chi connectivity index (χ0v) is 18.7. The molecule has 1 amide bonds. The molecule has 33 heavy (non-hydrogen) atoms. The Balaban J connectivity index is 2.10. The number of fused-ring (bicyclic) bond motifs is 1. The van der Waals surface area contributed by atoms with Crippen LogP contribution in [0.15, 0.2) is 48.5 Å². The third kappa shape index (κ3) is 4.74. The standard InChI is InChI=1S/C24H28F3N3O3/c1-4-30-20-13-16(21(32)28-18(14-31)12-15(2)3)10-11-19(20)29-22(30)23(33,24(25,26)27)17-8-6-5-7-9-17/h5-11,13,15,18,31,33H,4,12,14H2,1-3H3,(H,28,32). The summed E-state index contributed by atoms with van der Waals surface area (Å²) < 4.78 is 43.9. The van der Waals surface area contributed by atoms with Gasteiger partial charge in [-0.3, -0.25) is 4.79 Å². The normalized spacial score (nSPS) is 14.9. The molecule has 0 radical (unpaired) electrons. The Morgan fingerprint density at radius 3 is 2.36 bits per heavy atom. The van der Waals surface area contributed by atoms with Gasteiger partial charge in [0.1, 0.15) is 0 Å². The number of imidazole rings is 1. The van der Waals surface area contributed by atoms with Crippen molar-refractivity contribution < 1.29 is 28.2 Å². The fourth-order valence-corrected chi connectivity index (χ4v) is 3.98. The number of aliphatic hydroxyl groups is 2. The number of amides is 1. The zero-order chi connectivity index (χ0) is 24.4. The van der Waals surface area contributed by atoms with E-state index in [1.165, 1.54) is 47.0 Å². The van der Waals surface area contributed by atoms with Crippen LogP contribution in [0, 0.1) is 5.92 Å². The summed E-state index contributed by atoms with van der Waals surface area (Å²) in [6.07, 6.45) is -4.45. The maximum absolute atomic E-state index is 14.2. The molecule has 0 aliphatic carbocycles.